The molecule has 7 nitrogen and oxygen atoms in total. The summed E-state index contributed by atoms with van der Waals surface area (Å²) in [5.41, 5.74) is 6.23. The first-order valence-electron chi connectivity index (χ1n) is 10.1. The van der Waals surface area contributed by atoms with Crippen molar-refractivity contribution in [3.63, 3.8) is 0 Å². The van der Waals surface area contributed by atoms with Gasteiger partial charge in [-0.05, 0) is 44.6 Å². The van der Waals surface area contributed by atoms with E-state index in [1.54, 1.807) is 0 Å². The number of hydrogen-bond acceptors (Lipinski definition) is 5. The number of pyridine rings is 1. The van der Waals surface area contributed by atoms with Crippen molar-refractivity contribution < 1.29 is 15.0 Å². The predicted molar refractivity (Wildman–Crippen MR) is 110 cm³/mol. The van der Waals surface area contributed by atoms with Crippen molar-refractivity contribution in [1.29, 1.82) is 0 Å². The summed E-state index contributed by atoms with van der Waals surface area (Å²) < 4.78 is 1.81. The maximum Gasteiger partial charge on any atom is 0.341 e. The molecule has 3 fully saturated rings. The Morgan fingerprint density at radius 3 is 2.72 bits per heavy atom. The van der Waals surface area contributed by atoms with E-state index < -0.39 is 11.4 Å². The zero-order valence-electron chi connectivity index (χ0n) is 16.1. The number of carboxylic acid groups (broad SMARTS) is 1. The van der Waals surface area contributed by atoms with E-state index in [1.165, 1.54) is 12.3 Å². The molecule has 3 unspecified atom stereocenters. The van der Waals surface area contributed by atoms with Gasteiger partial charge in [-0.1, -0.05) is 11.6 Å². The van der Waals surface area contributed by atoms with Gasteiger partial charge in [-0.2, -0.15) is 0 Å². The van der Waals surface area contributed by atoms with Crippen LogP contribution < -0.4 is 16.5 Å². The Kier molecular flexibility index (Phi) is 4.04. The van der Waals surface area contributed by atoms with Crippen molar-refractivity contribution in [1.82, 2.24) is 9.88 Å². The van der Waals surface area contributed by atoms with Gasteiger partial charge in [-0.25, -0.2) is 4.79 Å². The van der Waals surface area contributed by atoms with Gasteiger partial charge in [0.15, 0.2) is 0 Å². The fourth-order valence-corrected chi connectivity index (χ4v) is 5.45. The van der Waals surface area contributed by atoms with Gasteiger partial charge < -0.3 is 25.8 Å². The van der Waals surface area contributed by atoms with Crippen LogP contribution in [-0.4, -0.2) is 38.9 Å². The Morgan fingerprint density at radius 1 is 1.41 bits per heavy atom. The van der Waals surface area contributed by atoms with Crippen LogP contribution in [0.25, 0.3) is 10.9 Å². The Morgan fingerprint density at radius 2 is 2.14 bits per heavy atom. The number of halogens is 1. The number of aromatic nitrogens is 1. The molecule has 1 saturated heterocycles. The summed E-state index contributed by atoms with van der Waals surface area (Å²) in [4.78, 5) is 24.3. The van der Waals surface area contributed by atoms with Gasteiger partial charge in [0.2, 0.25) is 5.43 Å². The van der Waals surface area contributed by atoms with Crippen LogP contribution in [0, 0.1) is 5.92 Å². The summed E-state index contributed by atoms with van der Waals surface area (Å²) in [5, 5.41) is 24.3. The lowest BCUT2D eigenvalue weighted by Crippen LogP contribution is -2.28. The molecule has 2 heterocycles. The molecular formula is C21H24ClN3O4. The fourth-order valence-electron chi connectivity index (χ4n) is 5.02. The highest BCUT2D eigenvalue weighted by Gasteiger charge is 2.60. The van der Waals surface area contributed by atoms with Gasteiger partial charge in [0, 0.05) is 41.8 Å². The first-order chi connectivity index (χ1) is 13.7. The van der Waals surface area contributed by atoms with E-state index in [9.17, 15) is 19.8 Å². The average molecular weight is 418 g/mol. The van der Waals surface area contributed by atoms with E-state index in [1.807, 2.05) is 11.5 Å². The highest BCUT2D eigenvalue weighted by Crippen LogP contribution is 2.61. The number of benzene rings is 1. The molecule has 3 aliphatic rings. The predicted octanol–water partition coefficient (Wildman–Crippen LogP) is 2.58. The second kappa shape index (κ2) is 6.20. The molecule has 5 rings (SSSR count). The fraction of sp³-hybridized carbons (Fsp3) is 0.524. The smallest absolute Gasteiger partial charge is 0.341 e. The van der Waals surface area contributed by atoms with Gasteiger partial charge in [0.25, 0.3) is 0 Å². The summed E-state index contributed by atoms with van der Waals surface area (Å²) in [6.45, 7) is 2.85. The number of carboxylic acids is 1. The number of fused-ring (bicyclic) bond motifs is 1. The van der Waals surface area contributed by atoms with E-state index >= 15 is 0 Å². The molecule has 8 heteroatoms. The van der Waals surface area contributed by atoms with Crippen molar-refractivity contribution >= 4 is 28.5 Å². The zero-order chi connectivity index (χ0) is 20.7. The topological polar surface area (TPSA) is 118 Å². The number of hydrogen-bond donors (Lipinski definition) is 4. The van der Waals surface area contributed by atoms with Crippen molar-refractivity contribution in [2.45, 2.75) is 56.1 Å². The Bertz CT molecular complexity index is 1110. The van der Waals surface area contributed by atoms with Crippen LogP contribution >= 0.6 is 11.6 Å². The summed E-state index contributed by atoms with van der Waals surface area (Å²) in [7, 11) is 0. The third-order valence-corrected chi connectivity index (χ3v) is 7.34. The van der Waals surface area contributed by atoms with Crippen LogP contribution in [0.4, 0.5) is 0 Å². The highest BCUT2D eigenvalue weighted by atomic mass is 35.5. The van der Waals surface area contributed by atoms with Crippen molar-refractivity contribution in [2.75, 3.05) is 6.54 Å². The molecule has 2 aliphatic carbocycles. The molecular weight excluding hydrogens is 394 g/mol. The second-order valence-electron chi connectivity index (χ2n) is 8.95. The molecule has 1 aromatic carbocycles. The lowest BCUT2D eigenvalue weighted by molar-refractivity contribution is 0.0695. The van der Waals surface area contributed by atoms with Gasteiger partial charge in [-0.15, -0.1) is 0 Å². The molecule has 154 valence electrons. The molecule has 0 bridgehead atoms. The van der Waals surface area contributed by atoms with E-state index in [0.717, 1.165) is 32.2 Å². The van der Waals surface area contributed by atoms with Crippen molar-refractivity contribution in [3.8, 4) is 5.75 Å². The first kappa shape index (κ1) is 18.9. The van der Waals surface area contributed by atoms with Gasteiger partial charge in [0.05, 0.1) is 15.9 Å². The molecule has 0 radical (unpaired) electrons. The molecule has 4 atom stereocenters. The maximum atomic E-state index is 12.7. The normalized spacial score (nSPS) is 29.5. The Balaban J connectivity index is 1.66. The molecule has 1 aliphatic heterocycles. The number of nitrogens with zero attached hydrogens (tertiary/aromatic N) is 1. The minimum Gasteiger partial charge on any atom is -0.508 e. The van der Waals surface area contributed by atoms with Gasteiger partial charge in [0.1, 0.15) is 11.3 Å². The number of nitrogens with one attached hydrogen (secondary N) is 1. The van der Waals surface area contributed by atoms with Crippen molar-refractivity contribution in [2.24, 2.45) is 11.7 Å². The standard InChI is InChI=1S/C21H24ClN3O4/c1-9(23)10-5-21(24-7-10)6-14(21)16-15(26)4-12-18(17(16)22)25(11-2-3-11)8-13(19(12)27)20(28)29/h4,8-11,14,24,26H,2-3,5-7,23H2,1H3,(H,28,29)/t9-,10?,14?,21?/m0/s1. The highest BCUT2D eigenvalue weighted by molar-refractivity contribution is 6.36. The number of aromatic hydroxyl groups is 1. The SMILES string of the molecule is C[C@H](N)C1CNC2(C1)CC2c1c(O)cc2c(=O)c(C(=O)O)cn(C3CC3)c2c1Cl. The van der Waals surface area contributed by atoms with E-state index in [-0.39, 0.29) is 40.2 Å². The number of aromatic carboxylic acids is 1. The number of nitrogens with two attached hydrogens (primary N) is 1. The molecule has 2 aromatic rings. The van der Waals surface area contributed by atoms with Crippen LogP contribution in [0.2, 0.25) is 5.02 Å². The average Bonchev–Trinajstić information content (AvgIpc) is 3.54. The lowest BCUT2D eigenvalue weighted by Gasteiger charge is -2.18. The molecule has 5 N–H and O–H groups in total. The quantitative estimate of drug-likeness (QED) is 0.607. The zero-order valence-corrected chi connectivity index (χ0v) is 16.9. The van der Waals surface area contributed by atoms with Crippen LogP contribution in [0.3, 0.4) is 0 Å². The van der Waals surface area contributed by atoms with Crippen LogP contribution in [0.1, 0.15) is 60.5 Å². The summed E-state index contributed by atoms with van der Waals surface area (Å²) in [6, 6.07) is 1.62. The molecule has 0 amide bonds. The van der Waals surface area contributed by atoms with Crippen LogP contribution in [0.5, 0.6) is 5.75 Å². The minimum atomic E-state index is -1.27. The maximum absolute atomic E-state index is 12.7. The van der Waals surface area contributed by atoms with E-state index in [2.05, 4.69) is 5.32 Å². The van der Waals surface area contributed by atoms with Gasteiger partial charge >= 0.3 is 5.97 Å². The summed E-state index contributed by atoms with van der Waals surface area (Å²) >= 11 is 6.80. The van der Waals surface area contributed by atoms with Crippen LogP contribution in [0.15, 0.2) is 17.1 Å². The number of rotatable bonds is 4. The molecule has 1 spiro atoms. The van der Waals surface area contributed by atoms with Crippen molar-refractivity contribution in [3.05, 3.63) is 38.6 Å². The number of phenolic OH excluding ortho intramolecular Hbond substituents is 1. The molecule has 1 aromatic heterocycles. The largest absolute Gasteiger partial charge is 0.508 e. The van der Waals surface area contributed by atoms with E-state index in [4.69, 9.17) is 17.3 Å². The number of carbonyl (C=O) groups is 1. The van der Waals surface area contributed by atoms with Crippen LogP contribution in [-0.2, 0) is 0 Å². The monoisotopic (exact) mass is 417 g/mol. The second-order valence-corrected chi connectivity index (χ2v) is 9.33. The lowest BCUT2D eigenvalue weighted by atomic mass is 9.94. The minimum absolute atomic E-state index is 0.0441. The molecule has 2 saturated carbocycles. The van der Waals surface area contributed by atoms with E-state index in [0.29, 0.717) is 22.0 Å². The third kappa shape index (κ3) is 2.79. The van der Waals surface area contributed by atoms with Gasteiger partial charge in [-0.3, -0.25) is 4.79 Å². The summed E-state index contributed by atoms with van der Waals surface area (Å²) in [5.74, 6) is -0.893. The summed E-state index contributed by atoms with van der Waals surface area (Å²) in [6.07, 6.45) is 5.01. The number of phenols is 1. The molecule has 29 heavy (non-hydrogen) atoms. The Hall–Kier alpha value is -2.09. The Labute approximate surface area is 172 Å². The third-order valence-electron chi connectivity index (χ3n) is 6.95. The first-order valence-corrected chi connectivity index (χ1v) is 10.5.